The summed E-state index contributed by atoms with van der Waals surface area (Å²) in [4.78, 5) is 0. The standard InChI is InChI=1S/C15H27NO2/c1-4-5-6-8-17-12-15-14(7-9-18-15)11-16-10-13(2)3/h7,9,13,16H,4-6,8,10-12H2,1-3H3. The molecular formula is C15H27NO2. The molecule has 18 heavy (non-hydrogen) atoms. The molecule has 0 unspecified atom stereocenters. The van der Waals surface area contributed by atoms with Gasteiger partial charge in [0.1, 0.15) is 12.4 Å². The molecule has 1 N–H and O–H groups in total. The van der Waals surface area contributed by atoms with E-state index in [1.165, 1.54) is 18.4 Å². The number of furan rings is 1. The Balaban J connectivity index is 2.22. The van der Waals surface area contributed by atoms with Crippen molar-refractivity contribution in [2.45, 2.75) is 53.2 Å². The Morgan fingerprint density at radius 2 is 2.17 bits per heavy atom. The minimum Gasteiger partial charge on any atom is -0.467 e. The van der Waals surface area contributed by atoms with Crippen molar-refractivity contribution in [3.8, 4) is 0 Å². The molecule has 0 aliphatic heterocycles. The molecule has 0 aliphatic rings. The Hall–Kier alpha value is -0.800. The predicted molar refractivity (Wildman–Crippen MR) is 74.4 cm³/mol. The first-order chi connectivity index (χ1) is 8.74. The zero-order chi connectivity index (χ0) is 13.2. The van der Waals surface area contributed by atoms with Crippen LogP contribution in [0.3, 0.4) is 0 Å². The molecule has 0 bridgehead atoms. The molecule has 0 saturated carbocycles. The Labute approximate surface area is 111 Å². The summed E-state index contributed by atoms with van der Waals surface area (Å²) in [5.41, 5.74) is 1.21. The lowest BCUT2D eigenvalue weighted by atomic mass is 10.2. The smallest absolute Gasteiger partial charge is 0.133 e. The monoisotopic (exact) mass is 253 g/mol. The summed E-state index contributed by atoms with van der Waals surface area (Å²) in [7, 11) is 0. The summed E-state index contributed by atoms with van der Waals surface area (Å²) in [6, 6.07) is 2.03. The maximum atomic E-state index is 5.63. The minimum absolute atomic E-state index is 0.593. The van der Waals surface area contributed by atoms with Gasteiger partial charge in [-0.15, -0.1) is 0 Å². The molecule has 0 atom stereocenters. The maximum Gasteiger partial charge on any atom is 0.133 e. The minimum atomic E-state index is 0.593. The van der Waals surface area contributed by atoms with E-state index in [0.717, 1.165) is 31.9 Å². The lowest BCUT2D eigenvalue weighted by Crippen LogP contribution is -2.19. The lowest BCUT2D eigenvalue weighted by molar-refractivity contribution is 0.102. The van der Waals surface area contributed by atoms with Crippen molar-refractivity contribution in [2.75, 3.05) is 13.2 Å². The second-order valence-corrected chi connectivity index (χ2v) is 5.15. The Morgan fingerprint density at radius 3 is 2.89 bits per heavy atom. The van der Waals surface area contributed by atoms with Crippen LogP contribution >= 0.6 is 0 Å². The van der Waals surface area contributed by atoms with E-state index in [0.29, 0.717) is 12.5 Å². The zero-order valence-electron chi connectivity index (χ0n) is 12.0. The first-order valence-corrected chi connectivity index (χ1v) is 7.07. The number of unbranched alkanes of at least 4 members (excludes halogenated alkanes) is 2. The fraction of sp³-hybridized carbons (Fsp3) is 0.733. The highest BCUT2D eigenvalue weighted by molar-refractivity contribution is 5.16. The van der Waals surface area contributed by atoms with Gasteiger partial charge in [-0.3, -0.25) is 0 Å². The summed E-state index contributed by atoms with van der Waals surface area (Å²) < 4.78 is 11.1. The topological polar surface area (TPSA) is 34.4 Å². The van der Waals surface area contributed by atoms with Gasteiger partial charge in [0.25, 0.3) is 0 Å². The van der Waals surface area contributed by atoms with E-state index in [-0.39, 0.29) is 0 Å². The molecule has 0 saturated heterocycles. The maximum absolute atomic E-state index is 5.63. The first-order valence-electron chi connectivity index (χ1n) is 7.07. The normalized spacial score (nSPS) is 11.3. The molecule has 0 amide bonds. The van der Waals surface area contributed by atoms with E-state index in [2.05, 4.69) is 26.1 Å². The molecule has 104 valence electrons. The SMILES string of the molecule is CCCCCOCc1occc1CNCC(C)C. The quantitative estimate of drug-likeness (QED) is 0.645. The Bertz CT molecular complexity index is 307. The predicted octanol–water partition coefficient (Wildman–Crippen LogP) is 3.73. The third-order valence-corrected chi connectivity index (χ3v) is 2.83. The van der Waals surface area contributed by atoms with Gasteiger partial charge in [-0.1, -0.05) is 33.6 Å². The van der Waals surface area contributed by atoms with Gasteiger partial charge in [0.15, 0.2) is 0 Å². The third-order valence-electron chi connectivity index (χ3n) is 2.83. The van der Waals surface area contributed by atoms with Crippen LogP contribution in [-0.2, 0) is 17.9 Å². The number of nitrogens with one attached hydrogen (secondary N) is 1. The molecule has 1 rings (SSSR count). The van der Waals surface area contributed by atoms with Crippen LogP contribution in [0.25, 0.3) is 0 Å². The largest absolute Gasteiger partial charge is 0.467 e. The third kappa shape index (κ3) is 6.22. The van der Waals surface area contributed by atoms with E-state index in [1.54, 1.807) is 6.26 Å². The van der Waals surface area contributed by atoms with Crippen LogP contribution in [0.2, 0.25) is 0 Å². The van der Waals surface area contributed by atoms with Crippen LogP contribution in [-0.4, -0.2) is 13.2 Å². The van der Waals surface area contributed by atoms with Crippen molar-refractivity contribution < 1.29 is 9.15 Å². The second-order valence-electron chi connectivity index (χ2n) is 5.15. The molecule has 1 aromatic rings. The van der Waals surface area contributed by atoms with Gasteiger partial charge >= 0.3 is 0 Å². The molecule has 0 fully saturated rings. The summed E-state index contributed by atoms with van der Waals surface area (Å²) in [5, 5.41) is 3.42. The average Bonchev–Trinajstić information content (AvgIpc) is 2.76. The van der Waals surface area contributed by atoms with Crippen LogP contribution in [0.1, 0.15) is 51.4 Å². The zero-order valence-corrected chi connectivity index (χ0v) is 12.0. The highest BCUT2D eigenvalue weighted by Crippen LogP contribution is 2.12. The van der Waals surface area contributed by atoms with Crippen LogP contribution < -0.4 is 5.32 Å². The van der Waals surface area contributed by atoms with Gasteiger partial charge in [0.05, 0.1) is 6.26 Å². The van der Waals surface area contributed by atoms with Gasteiger partial charge in [-0.05, 0) is 24.9 Å². The van der Waals surface area contributed by atoms with Gasteiger partial charge in [0.2, 0.25) is 0 Å². The van der Waals surface area contributed by atoms with Crippen molar-refractivity contribution in [3.63, 3.8) is 0 Å². The molecule has 0 aliphatic carbocycles. The van der Waals surface area contributed by atoms with Crippen molar-refractivity contribution in [1.29, 1.82) is 0 Å². The molecule has 1 aromatic heterocycles. The first kappa shape index (κ1) is 15.3. The number of hydrogen-bond acceptors (Lipinski definition) is 3. The lowest BCUT2D eigenvalue weighted by Gasteiger charge is -2.08. The Morgan fingerprint density at radius 1 is 1.33 bits per heavy atom. The average molecular weight is 253 g/mol. The summed E-state index contributed by atoms with van der Waals surface area (Å²) >= 11 is 0. The van der Waals surface area contributed by atoms with Gasteiger partial charge < -0.3 is 14.5 Å². The van der Waals surface area contributed by atoms with Crippen LogP contribution in [0.15, 0.2) is 16.7 Å². The van der Waals surface area contributed by atoms with Crippen molar-refractivity contribution in [2.24, 2.45) is 5.92 Å². The highest BCUT2D eigenvalue weighted by Gasteiger charge is 2.06. The van der Waals surface area contributed by atoms with Crippen molar-refractivity contribution >= 4 is 0 Å². The fourth-order valence-electron chi connectivity index (χ4n) is 1.77. The van der Waals surface area contributed by atoms with E-state index in [9.17, 15) is 0 Å². The van der Waals surface area contributed by atoms with Crippen LogP contribution in [0, 0.1) is 5.92 Å². The van der Waals surface area contributed by atoms with E-state index >= 15 is 0 Å². The van der Waals surface area contributed by atoms with Crippen LogP contribution in [0.4, 0.5) is 0 Å². The van der Waals surface area contributed by atoms with Crippen molar-refractivity contribution in [1.82, 2.24) is 5.32 Å². The molecule has 3 nitrogen and oxygen atoms in total. The van der Waals surface area contributed by atoms with E-state index in [1.807, 2.05) is 6.07 Å². The fourth-order valence-corrected chi connectivity index (χ4v) is 1.77. The molecular weight excluding hydrogens is 226 g/mol. The number of ether oxygens (including phenoxy) is 1. The van der Waals surface area contributed by atoms with Gasteiger partial charge in [-0.25, -0.2) is 0 Å². The van der Waals surface area contributed by atoms with Crippen LogP contribution in [0.5, 0.6) is 0 Å². The molecule has 0 spiro atoms. The molecule has 1 heterocycles. The van der Waals surface area contributed by atoms with E-state index < -0.39 is 0 Å². The summed E-state index contributed by atoms with van der Waals surface area (Å²) in [6.07, 6.45) is 5.35. The Kier molecular flexibility index (Phi) is 7.78. The number of rotatable bonds is 10. The van der Waals surface area contributed by atoms with Crippen molar-refractivity contribution in [3.05, 3.63) is 23.7 Å². The molecule has 3 heteroatoms. The van der Waals surface area contributed by atoms with Gasteiger partial charge in [0, 0.05) is 18.7 Å². The number of hydrogen-bond donors (Lipinski definition) is 1. The molecule has 0 radical (unpaired) electrons. The van der Waals surface area contributed by atoms with E-state index in [4.69, 9.17) is 9.15 Å². The molecule has 0 aromatic carbocycles. The summed E-state index contributed by atoms with van der Waals surface area (Å²) in [5.74, 6) is 1.63. The summed E-state index contributed by atoms with van der Waals surface area (Å²) in [6.45, 7) is 9.93. The highest BCUT2D eigenvalue weighted by atomic mass is 16.5. The van der Waals surface area contributed by atoms with Gasteiger partial charge in [-0.2, -0.15) is 0 Å². The second kappa shape index (κ2) is 9.17.